The van der Waals surface area contributed by atoms with Crippen molar-refractivity contribution in [2.45, 2.75) is 52.0 Å². The molecule has 0 aromatic carbocycles. The molecule has 1 N–H and O–H groups in total. The molecule has 4 heteroatoms. The molecule has 0 aromatic heterocycles. The number of likely N-dealkylation sites (N-methyl/N-ethyl adjacent to an activating group) is 1. The Kier molecular flexibility index (Phi) is 8.61. The number of amides is 1. The lowest BCUT2D eigenvalue weighted by molar-refractivity contribution is -0.136. The molecule has 2 unspecified atom stereocenters. The van der Waals surface area contributed by atoms with Crippen LogP contribution in [0, 0.1) is 5.92 Å². The van der Waals surface area contributed by atoms with Crippen molar-refractivity contribution in [3.05, 3.63) is 0 Å². The topological polar surface area (TPSA) is 32.3 Å². The minimum Gasteiger partial charge on any atom is -0.341 e. The molecule has 102 valence electrons. The Morgan fingerprint density at radius 1 is 1.47 bits per heavy atom. The van der Waals surface area contributed by atoms with Crippen molar-refractivity contribution in [1.82, 2.24) is 10.2 Å². The van der Waals surface area contributed by atoms with E-state index in [1.807, 2.05) is 11.9 Å². The molecule has 0 aliphatic carbocycles. The van der Waals surface area contributed by atoms with Crippen LogP contribution in [0.2, 0.25) is 0 Å². The van der Waals surface area contributed by atoms with Crippen LogP contribution < -0.4 is 5.32 Å². The molecule has 1 saturated heterocycles. The van der Waals surface area contributed by atoms with Crippen LogP contribution in [0.3, 0.4) is 0 Å². The summed E-state index contributed by atoms with van der Waals surface area (Å²) in [6.45, 7) is 6.32. The minimum atomic E-state index is 0. The Morgan fingerprint density at radius 2 is 2.18 bits per heavy atom. The van der Waals surface area contributed by atoms with E-state index < -0.39 is 0 Å². The fourth-order valence-corrected chi connectivity index (χ4v) is 2.39. The van der Waals surface area contributed by atoms with Crippen LogP contribution >= 0.6 is 12.4 Å². The molecule has 1 aliphatic rings. The summed E-state index contributed by atoms with van der Waals surface area (Å²) in [7, 11) is 1.97. The first kappa shape index (κ1) is 16.7. The highest BCUT2D eigenvalue weighted by Crippen LogP contribution is 2.18. The highest BCUT2D eigenvalue weighted by molar-refractivity contribution is 5.85. The zero-order valence-corrected chi connectivity index (χ0v) is 12.2. The van der Waals surface area contributed by atoms with Gasteiger partial charge in [-0.2, -0.15) is 0 Å². The van der Waals surface area contributed by atoms with Crippen LogP contribution in [0.1, 0.15) is 46.0 Å². The van der Waals surface area contributed by atoms with Gasteiger partial charge in [0.15, 0.2) is 0 Å². The molecule has 1 fully saturated rings. The fraction of sp³-hybridized carbons (Fsp3) is 0.923. The van der Waals surface area contributed by atoms with E-state index in [-0.39, 0.29) is 18.3 Å². The summed E-state index contributed by atoms with van der Waals surface area (Å²) < 4.78 is 0. The highest BCUT2D eigenvalue weighted by Gasteiger charge is 2.27. The van der Waals surface area contributed by atoms with Crippen LogP contribution in [0.5, 0.6) is 0 Å². The van der Waals surface area contributed by atoms with E-state index in [0.29, 0.717) is 11.9 Å². The second-order valence-electron chi connectivity index (χ2n) is 4.84. The molecule has 1 aliphatic heterocycles. The van der Waals surface area contributed by atoms with Gasteiger partial charge in [0.2, 0.25) is 5.91 Å². The first-order valence-corrected chi connectivity index (χ1v) is 6.68. The van der Waals surface area contributed by atoms with Crippen LogP contribution in [0.15, 0.2) is 0 Å². The van der Waals surface area contributed by atoms with Gasteiger partial charge in [-0.3, -0.25) is 4.79 Å². The van der Waals surface area contributed by atoms with Gasteiger partial charge in [-0.1, -0.05) is 26.7 Å². The first-order chi connectivity index (χ1) is 7.70. The largest absolute Gasteiger partial charge is 0.341 e. The first-order valence-electron chi connectivity index (χ1n) is 6.68. The lowest BCUT2D eigenvalue weighted by Crippen LogP contribution is -2.41. The third kappa shape index (κ3) is 4.84. The number of rotatable bonds is 6. The quantitative estimate of drug-likeness (QED) is 0.798. The average molecular weight is 263 g/mol. The van der Waals surface area contributed by atoms with Gasteiger partial charge in [-0.25, -0.2) is 0 Å². The lowest BCUT2D eigenvalue weighted by atomic mass is 9.97. The summed E-state index contributed by atoms with van der Waals surface area (Å²) in [5.74, 6) is 0.593. The summed E-state index contributed by atoms with van der Waals surface area (Å²) in [4.78, 5) is 14.2. The molecule has 3 nitrogen and oxygen atoms in total. The Labute approximate surface area is 112 Å². The van der Waals surface area contributed by atoms with Crippen LogP contribution in [-0.4, -0.2) is 37.0 Å². The van der Waals surface area contributed by atoms with Gasteiger partial charge < -0.3 is 10.2 Å². The van der Waals surface area contributed by atoms with Crippen LogP contribution in [0.25, 0.3) is 0 Å². The van der Waals surface area contributed by atoms with Crippen LogP contribution in [-0.2, 0) is 4.79 Å². The van der Waals surface area contributed by atoms with Gasteiger partial charge in [-0.05, 0) is 25.8 Å². The standard InChI is InChI=1S/C13H26N2O.ClH/c1-4-6-7-11(5-2)13(16)15(3)12-8-9-14-10-12;/h11-12,14H,4-10H2,1-3H3;1H. The maximum Gasteiger partial charge on any atom is 0.225 e. The van der Waals surface area contributed by atoms with Crippen molar-refractivity contribution < 1.29 is 4.79 Å². The van der Waals surface area contributed by atoms with E-state index in [1.165, 1.54) is 12.8 Å². The zero-order valence-electron chi connectivity index (χ0n) is 11.4. The third-order valence-electron chi connectivity index (χ3n) is 3.68. The molecular formula is C13H27ClN2O. The molecule has 0 bridgehead atoms. The number of unbranched alkanes of at least 4 members (excludes halogenated alkanes) is 1. The van der Waals surface area contributed by atoms with E-state index in [2.05, 4.69) is 19.2 Å². The number of carbonyl (C=O) groups is 1. The van der Waals surface area contributed by atoms with Crippen molar-refractivity contribution in [3.8, 4) is 0 Å². The molecule has 1 heterocycles. The van der Waals surface area contributed by atoms with Gasteiger partial charge in [-0.15, -0.1) is 12.4 Å². The Hall–Kier alpha value is -0.280. The normalized spacial score (nSPS) is 20.8. The summed E-state index contributed by atoms with van der Waals surface area (Å²) in [6, 6.07) is 0.420. The van der Waals surface area contributed by atoms with E-state index >= 15 is 0 Å². The smallest absolute Gasteiger partial charge is 0.225 e. The second-order valence-corrected chi connectivity index (χ2v) is 4.84. The molecule has 1 amide bonds. The monoisotopic (exact) mass is 262 g/mol. The molecule has 17 heavy (non-hydrogen) atoms. The summed E-state index contributed by atoms with van der Waals surface area (Å²) >= 11 is 0. The van der Waals surface area contributed by atoms with Gasteiger partial charge in [0.1, 0.15) is 0 Å². The maximum atomic E-state index is 12.3. The fourth-order valence-electron chi connectivity index (χ4n) is 2.39. The number of nitrogens with one attached hydrogen (secondary N) is 1. The van der Waals surface area contributed by atoms with Gasteiger partial charge in [0.05, 0.1) is 0 Å². The van der Waals surface area contributed by atoms with Crippen molar-refractivity contribution in [3.63, 3.8) is 0 Å². The summed E-state index contributed by atoms with van der Waals surface area (Å²) in [5.41, 5.74) is 0. The Bertz CT molecular complexity index is 217. The lowest BCUT2D eigenvalue weighted by Gasteiger charge is -2.28. The molecular weight excluding hydrogens is 236 g/mol. The van der Waals surface area contributed by atoms with Gasteiger partial charge >= 0.3 is 0 Å². The van der Waals surface area contributed by atoms with E-state index in [4.69, 9.17) is 0 Å². The highest BCUT2D eigenvalue weighted by atomic mass is 35.5. The number of hydrogen-bond acceptors (Lipinski definition) is 2. The van der Waals surface area contributed by atoms with E-state index in [0.717, 1.165) is 32.4 Å². The van der Waals surface area contributed by atoms with Gasteiger partial charge in [0, 0.05) is 25.6 Å². The predicted octanol–water partition coefficient (Wildman–Crippen LogP) is 2.44. The minimum absolute atomic E-state index is 0. The molecule has 2 atom stereocenters. The zero-order chi connectivity index (χ0) is 12.0. The Morgan fingerprint density at radius 3 is 2.65 bits per heavy atom. The van der Waals surface area contributed by atoms with E-state index in [1.54, 1.807) is 0 Å². The summed E-state index contributed by atoms with van der Waals surface area (Å²) in [6.07, 6.45) is 5.48. The van der Waals surface area contributed by atoms with Crippen molar-refractivity contribution in [2.75, 3.05) is 20.1 Å². The number of halogens is 1. The third-order valence-corrected chi connectivity index (χ3v) is 3.68. The molecule has 0 radical (unpaired) electrons. The molecule has 0 saturated carbocycles. The average Bonchev–Trinajstić information content (AvgIpc) is 2.82. The van der Waals surface area contributed by atoms with Crippen LogP contribution in [0.4, 0.5) is 0 Å². The number of carbonyl (C=O) groups excluding carboxylic acids is 1. The second kappa shape index (κ2) is 8.76. The number of nitrogens with zero attached hydrogens (tertiary/aromatic N) is 1. The molecule has 0 spiro atoms. The molecule has 0 aromatic rings. The maximum absolute atomic E-state index is 12.3. The predicted molar refractivity (Wildman–Crippen MR) is 74.6 cm³/mol. The summed E-state index contributed by atoms with van der Waals surface area (Å²) in [5, 5.41) is 3.31. The van der Waals surface area contributed by atoms with Crippen molar-refractivity contribution in [2.24, 2.45) is 5.92 Å². The van der Waals surface area contributed by atoms with Gasteiger partial charge in [0.25, 0.3) is 0 Å². The van der Waals surface area contributed by atoms with Crippen molar-refractivity contribution >= 4 is 18.3 Å². The Balaban J connectivity index is 0.00000256. The van der Waals surface area contributed by atoms with Crippen molar-refractivity contribution in [1.29, 1.82) is 0 Å². The van der Waals surface area contributed by atoms with E-state index in [9.17, 15) is 4.79 Å². The molecule has 1 rings (SSSR count). The SMILES string of the molecule is CCCCC(CC)C(=O)N(C)C1CCNC1.Cl. The number of hydrogen-bond donors (Lipinski definition) is 1.